The quantitative estimate of drug-likeness (QED) is 0.526. The highest BCUT2D eigenvalue weighted by atomic mass is 32.2. The van der Waals surface area contributed by atoms with Crippen LogP contribution in [0.2, 0.25) is 0 Å². The standard InChI is InChI=1S/C7H14N2OS/c8-6-7(11-9-10)4-2-1-3-5-7/h1-6,8H2. The van der Waals surface area contributed by atoms with Crippen LogP contribution >= 0.6 is 11.9 Å². The maximum absolute atomic E-state index is 10.1. The predicted octanol–water partition coefficient (Wildman–Crippen LogP) is 2.06. The van der Waals surface area contributed by atoms with E-state index in [1.54, 1.807) is 0 Å². The first kappa shape index (κ1) is 9.00. The van der Waals surface area contributed by atoms with E-state index in [1.807, 2.05) is 0 Å². The molecule has 0 aromatic rings. The first-order valence-corrected chi connectivity index (χ1v) is 4.81. The van der Waals surface area contributed by atoms with Gasteiger partial charge in [-0.2, -0.15) is 0 Å². The van der Waals surface area contributed by atoms with Crippen LogP contribution in [0.3, 0.4) is 0 Å². The molecule has 4 heteroatoms. The van der Waals surface area contributed by atoms with Gasteiger partial charge < -0.3 is 5.73 Å². The van der Waals surface area contributed by atoms with Crippen LogP contribution in [0.1, 0.15) is 32.1 Å². The van der Waals surface area contributed by atoms with Gasteiger partial charge in [-0.1, -0.05) is 19.3 Å². The Balaban J connectivity index is 2.49. The molecule has 64 valence electrons. The summed E-state index contributed by atoms with van der Waals surface area (Å²) in [5.41, 5.74) is 5.60. The maximum atomic E-state index is 10.1. The van der Waals surface area contributed by atoms with Gasteiger partial charge in [-0.3, -0.25) is 0 Å². The van der Waals surface area contributed by atoms with Crippen molar-refractivity contribution in [2.45, 2.75) is 36.9 Å². The number of hydrogen-bond acceptors (Lipinski definition) is 4. The summed E-state index contributed by atoms with van der Waals surface area (Å²) in [6.45, 7) is 0.587. The van der Waals surface area contributed by atoms with Crippen LogP contribution in [0.25, 0.3) is 0 Å². The van der Waals surface area contributed by atoms with Crippen LogP contribution in [0.15, 0.2) is 4.58 Å². The zero-order chi connectivity index (χ0) is 8.16. The van der Waals surface area contributed by atoms with Crippen LogP contribution in [0.4, 0.5) is 0 Å². The van der Waals surface area contributed by atoms with Gasteiger partial charge in [0.1, 0.15) is 0 Å². The minimum Gasteiger partial charge on any atom is -0.329 e. The monoisotopic (exact) mass is 174 g/mol. The molecule has 0 atom stereocenters. The number of nitrogens with zero attached hydrogens (tertiary/aromatic N) is 1. The third-order valence-corrected chi connectivity index (χ3v) is 3.40. The largest absolute Gasteiger partial charge is 0.329 e. The van der Waals surface area contributed by atoms with E-state index >= 15 is 0 Å². The Morgan fingerprint density at radius 2 is 2.00 bits per heavy atom. The third kappa shape index (κ3) is 2.17. The molecule has 0 aromatic heterocycles. The average molecular weight is 174 g/mol. The molecule has 3 nitrogen and oxygen atoms in total. The topological polar surface area (TPSA) is 55.4 Å². The van der Waals surface area contributed by atoms with Crippen molar-refractivity contribution in [3.8, 4) is 0 Å². The summed E-state index contributed by atoms with van der Waals surface area (Å²) in [6, 6.07) is 0. The molecule has 1 aliphatic carbocycles. The molecule has 1 aliphatic rings. The van der Waals surface area contributed by atoms with E-state index in [-0.39, 0.29) is 4.75 Å². The molecule has 11 heavy (non-hydrogen) atoms. The van der Waals surface area contributed by atoms with Crippen LogP contribution in [-0.2, 0) is 0 Å². The Morgan fingerprint density at radius 3 is 2.45 bits per heavy atom. The molecule has 0 radical (unpaired) electrons. The minimum absolute atomic E-state index is 0.0139. The van der Waals surface area contributed by atoms with Crippen molar-refractivity contribution in [3.05, 3.63) is 4.91 Å². The smallest absolute Gasteiger partial charge is 0.0534 e. The summed E-state index contributed by atoms with van der Waals surface area (Å²) in [5.74, 6) is 0. The van der Waals surface area contributed by atoms with Gasteiger partial charge in [-0.25, -0.2) is 0 Å². The average Bonchev–Trinajstić information content (AvgIpc) is 2.07. The Morgan fingerprint density at radius 1 is 1.36 bits per heavy atom. The number of hydrogen-bond donors (Lipinski definition) is 1. The maximum Gasteiger partial charge on any atom is 0.0534 e. The van der Waals surface area contributed by atoms with E-state index < -0.39 is 0 Å². The predicted molar refractivity (Wildman–Crippen MR) is 48.3 cm³/mol. The van der Waals surface area contributed by atoms with E-state index in [2.05, 4.69) is 4.58 Å². The molecule has 2 N–H and O–H groups in total. The highest BCUT2D eigenvalue weighted by molar-refractivity contribution is 7.99. The van der Waals surface area contributed by atoms with Crippen molar-refractivity contribution in [1.29, 1.82) is 0 Å². The lowest BCUT2D eigenvalue weighted by Crippen LogP contribution is -2.35. The fourth-order valence-electron chi connectivity index (χ4n) is 1.61. The van der Waals surface area contributed by atoms with Gasteiger partial charge in [0.25, 0.3) is 0 Å². The van der Waals surface area contributed by atoms with Crippen LogP contribution in [-0.4, -0.2) is 11.3 Å². The Labute approximate surface area is 71.2 Å². The van der Waals surface area contributed by atoms with Crippen molar-refractivity contribution in [2.24, 2.45) is 10.3 Å². The Bertz CT molecular complexity index is 134. The SMILES string of the molecule is NCC1(SN=O)CCCCC1. The highest BCUT2D eigenvalue weighted by Gasteiger charge is 2.32. The normalized spacial score (nSPS) is 23.0. The van der Waals surface area contributed by atoms with Crippen LogP contribution in [0.5, 0.6) is 0 Å². The lowest BCUT2D eigenvalue weighted by Gasteiger charge is -2.31. The molecule has 0 aliphatic heterocycles. The molecule has 0 saturated heterocycles. The van der Waals surface area contributed by atoms with Crippen molar-refractivity contribution in [3.63, 3.8) is 0 Å². The van der Waals surface area contributed by atoms with Crippen LogP contribution < -0.4 is 5.73 Å². The van der Waals surface area contributed by atoms with E-state index in [0.717, 1.165) is 24.8 Å². The first-order chi connectivity index (χ1) is 5.33. The summed E-state index contributed by atoms with van der Waals surface area (Å²) >= 11 is 1.14. The summed E-state index contributed by atoms with van der Waals surface area (Å²) in [4.78, 5) is 10.1. The Kier molecular flexibility index (Phi) is 3.33. The van der Waals surface area contributed by atoms with E-state index in [0.29, 0.717) is 6.54 Å². The molecular formula is C7H14N2OS. The van der Waals surface area contributed by atoms with Gasteiger partial charge >= 0.3 is 0 Å². The lowest BCUT2D eigenvalue weighted by atomic mass is 9.88. The third-order valence-electron chi connectivity index (χ3n) is 2.37. The Hall–Kier alpha value is -0.0900. The zero-order valence-corrected chi connectivity index (χ0v) is 7.40. The molecule has 1 fully saturated rings. The lowest BCUT2D eigenvalue weighted by molar-refractivity contribution is 0.404. The van der Waals surface area contributed by atoms with Gasteiger partial charge in [0.15, 0.2) is 0 Å². The zero-order valence-electron chi connectivity index (χ0n) is 6.58. The molecule has 0 heterocycles. The second-order valence-corrected chi connectivity index (χ2v) is 4.31. The summed E-state index contributed by atoms with van der Waals surface area (Å²) in [5, 5.41) is 0. The molecule has 0 aromatic carbocycles. The van der Waals surface area contributed by atoms with E-state index in [9.17, 15) is 4.91 Å². The molecule has 0 spiro atoms. The second-order valence-electron chi connectivity index (χ2n) is 3.11. The van der Waals surface area contributed by atoms with Crippen molar-refractivity contribution in [2.75, 3.05) is 6.54 Å². The number of nitroso groups, excluding NO2 is 1. The first-order valence-electron chi connectivity index (χ1n) is 4.04. The van der Waals surface area contributed by atoms with Gasteiger partial charge in [0, 0.05) is 23.1 Å². The van der Waals surface area contributed by atoms with Gasteiger partial charge in [0.2, 0.25) is 0 Å². The van der Waals surface area contributed by atoms with Crippen LogP contribution in [0, 0.1) is 4.91 Å². The molecule has 1 saturated carbocycles. The fourth-order valence-corrected chi connectivity index (χ4v) is 2.31. The summed E-state index contributed by atoms with van der Waals surface area (Å²) in [7, 11) is 0. The van der Waals surface area contributed by atoms with Crippen molar-refractivity contribution >= 4 is 11.9 Å². The molecule has 0 unspecified atom stereocenters. The second kappa shape index (κ2) is 4.07. The minimum atomic E-state index is -0.0139. The molecular weight excluding hydrogens is 160 g/mol. The molecule has 1 rings (SSSR count). The van der Waals surface area contributed by atoms with Crippen molar-refractivity contribution < 1.29 is 0 Å². The number of rotatable bonds is 3. The van der Waals surface area contributed by atoms with Gasteiger partial charge in [-0.15, -0.1) is 4.91 Å². The van der Waals surface area contributed by atoms with Gasteiger partial charge in [-0.05, 0) is 12.8 Å². The summed E-state index contributed by atoms with van der Waals surface area (Å²) < 4.78 is 2.88. The van der Waals surface area contributed by atoms with E-state index in [4.69, 9.17) is 5.73 Å². The molecule has 0 amide bonds. The molecule has 0 bridgehead atoms. The van der Waals surface area contributed by atoms with Crippen molar-refractivity contribution in [1.82, 2.24) is 0 Å². The number of nitrogens with two attached hydrogens (primary N) is 1. The fraction of sp³-hybridized carbons (Fsp3) is 1.00. The highest BCUT2D eigenvalue weighted by Crippen LogP contribution is 2.39. The van der Waals surface area contributed by atoms with Gasteiger partial charge in [0.05, 0.1) is 4.75 Å². The van der Waals surface area contributed by atoms with E-state index in [1.165, 1.54) is 19.3 Å². The summed E-state index contributed by atoms with van der Waals surface area (Å²) in [6.07, 6.45) is 5.78.